The first-order valence-corrected chi connectivity index (χ1v) is 13.2. The fraction of sp³-hybridized carbons (Fsp3) is 0.0800. The van der Waals surface area contributed by atoms with Gasteiger partial charge in [-0.1, -0.05) is 59.1 Å². The molecule has 0 aliphatic rings. The third-order valence-electron chi connectivity index (χ3n) is 5.36. The zero-order valence-corrected chi connectivity index (χ0v) is 22.5. The van der Waals surface area contributed by atoms with Crippen molar-refractivity contribution in [3.8, 4) is 5.75 Å². The van der Waals surface area contributed by atoms with E-state index in [9.17, 15) is 18.3 Å². The Kier molecular flexibility index (Phi) is 7.72. The Hall–Kier alpha value is -3.21. The number of hydrogen-bond donors (Lipinski definition) is 2. The summed E-state index contributed by atoms with van der Waals surface area (Å²) in [6.07, 6.45) is 0. The van der Waals surface area contributed by atoms with Gasteiger partial charge < -0.3 is 10.4 Å². The van der Waals surface area contributed by atoms with E-state index in [-0.39, 0.29) is 31.9 Å². The van der Waals surface area contributed by atoms with Crippen LogP contribution in [-0.4, -0.2) is 37.8 Å². The van der Waals surface area contributed by atoms with Gasteiger partial charge in [0.2, 0.25) is 10.0 Å². The zero-order chi connectivity index (χ0) is 26.9. The lowest BCUT2D eigenvalue weighted by atomic mass is 10.0. The summed E-state index contributed by atoms with van der Waals surface area (Å²) < 4.78 is 26.0. The fourth-order valence-electron chi connectivity index (χ4n) is 3.42. The molecule has 0 saturated heterocycles. The highest BCUT2D eigenvalue weighted by molar-refractivity contribution is 7.89. The van der Waals surface area contributed by atoms with Crippen molar-refractivity contribution in [3.63, 3.8) is 0 Å². The van der Waals surface area contributed by atoms with Crippen molar-refractivity contribution < 1.29 is 18.3 Å². The number of nitrogens with one attached hydrogen (secondary N) is 1. The van der Waals surface area contributed by atoms with Crippen LogP contribution in [-0.2, 0) is 10.0 Å². The molecule has 4 rings (SSSR count). The van der Waals surface area contributed by atoms with Gasteiger partial charge in [0.15, 0.2) is 5.75 Å². The number of amides is 1. The fourth-order valence-corrected chi connectivity index (χ4v) is 5.22. The highest BCUT2D eigenvalue weighted by atomic mass is 35.5. The summed E-state index contributed by atoms with van der Waals surface area (Å²) in [7, 11) is -1.10. The average Bonchev–Trinajstić information content (AvgIpc) is 2.86. The molecule has 37 heavy (non-hydrogen) atoms. The molecule has 8 nitrogen and oxygen atoms in total. The van der Waals surface area contributed by atoms with E-state index in [1.807, 2.05) is 0 Å². The molecule has 0 aliphatic heterocycles. The van der Waals surface area contributed by atoms with Gasteiger partial charge >= 0.3 is 0 Å². The molecule has 0 heterocycles. The molecule has 4 aromatic rings. The third kappa shape index (κ3) is 5.56. The molecule has 12 heteroatoms. The van der Waals surface area contributed by atoms with Crippen molar-refractivity contribution in [2.24, 2.45) is 10.2 Å². The minimum Gasteiger partial charge on any atom is -0.505 e. The second kappa shape index (κ2) is 10.6. The van der Waals surface area contributed by atoms with Gasteiger partial charge in [-0.15, -0.1) is 10.2 Å². The van der Waals surface area contributed by atoms with E-state index in [1.54, 1.807) is 54.6 Å². The van der Waals surface area contributed by atoms with Gasteiger partial charge in [0.1, 0.15) is 16.3 Å². The quantitative estimate of drug-likeness (QED) is 0.232. The van der Waals surface area contributed by atoms with Crippen LogP contribution in [0.15, 0.2) is 81.9 Å². The minimum absolute atomic E-state index is 0.0194. The van der Waals surface area contributed by atoms with Gasteiger partial charge in [-0.25, -0.2) is 12.7 Å². The van der Waals surface area contributed by atoms with Gasteiger partial charge in [-0.3, -0.25) is 4.79 Å². The molecule has 0 saturated carbocycles. The Bertz CT molecular complexity index is 1660. The molecule has 0 spiro atoms. The summed E-state index contributed by atoms with van der Waals surface area (Å²) in [5.74, 6) is -0.968. The lowest BCUT2D eigenvalue weighted by Crippen LogP contribution is -2.22. The van der Waals surface area contributed by atoms with Crippen LogP contribution in [0.4, 0.5) is 17.1 Å². The first-order valence-electron chi connectivity index (χ1n) is 10.6. The van der Waals surface area contributed by atoms with Crippen molar-refractivity contribution >= 4 is 78.6 Å². The molecule has 0 atom stereocenters. The van der Waals surface area contributed by atoms with Crippen molar-refractivity contribution in [2.75, 3.05) is 19.4 Å². The number of carbonyl (C=O) groups is 1. The number of halogens is 3. The molecule has 0 aromatic heterocycles. The standard InChI is InChI=1S/C25H19Cl3N4O4S/c1-32(2)37(35,36)22-13-19(27)21(12-20(22)28)30-31-23-17-6-4-3-5-14(17)11-18(24(23)33)25(34)29-16-9-7-15(26)8-10-16/h3-13,33H,1-2H3,(H,29,34)/b31-30+. The number of anilines is 1. The van der Waals surface area contributed by atoms with Gasteiger partial charge in [-0.2, -0.15) is 0 Å². The maximum Gasteiger partial charge on any atom is 0.259 e. The lowest BCUT2D eigenvalue weighted by Gasteiger charge is -2.13. The number of phenolic OH excluding ortho intramolecular Hbond substituents is 1. The van der Waals surface area contributed by atoms with Crippen LogP contribution in [0.2, 0.25) is 15.1 Å². The largest absolute Gasteiger partial charge is 0.505 e. The summed E-state index contributed by atoms with van der Waals surface area (Å²) in [6, 6.07) is 17.5. The number of carbonyl (C=O) groups excluding carboxylic acids is 1. The molecule has 0 unspecified atom stereocenters. The van der Waals surface area contributed by atoms with Crippen LogP contribution >= 0.6 is 34.8 Å². The summed E-state index contributed by atoms with van der Waals surface area (Å²) in [5, 5.41) is 23.6. The Morgan fingerprint density at radius 2 is 1.59 bits per heavy atom. The topological polar surface area (TPSA) is 111 Å². The van der Waals surface area contributed by atoms with E-state index in [1.165, 1.54) is 26.2 Å². The van der Waals surface area contributed by atoms with E-state index in [0.29, 0.717) is 21.5 Å². The first kappa shape index (κ1) is 26.8. The molecule has 0 radical (unpaired) electrons. The summed E-state index contributed by atoms with van der Waals surface area (Å²) in [5.41, 5.74) is 0.555. The van der Waals surface area contributed by atoms with Crippen LogP contribution in [0.1, 0.15) is 10.4 Å². The Balaban J connectivity index is 1.77. The lowest BCUT2D eigenvalue weighted by molar-refractivity contribution is 0.102. The molecule has 4 aromatic carbocycles. The van der Waals surface area contributed by atoms with E-state index in [0.717, 1.165) is 4.31 Å². The second-order valence-electron chi connectivity index (χ2n) is 8.02. The predicted octanol–water partition coefficient (Wildman–Crippen LogP) is 7.42. The van der Waals surface area contributed by atoms with Gasteiger partial charge in [0.05, 0.1) is 15.6 Å². The van der Waals surface area contributed by atoms with Crippen molar-refractivity contribution in [3.05, 3.63) is 87.4 Å². The number of aromatic hydroxyl groups is 1. The van der Waals surface area contributed by atoms with E-state index in [4.69, 9.17) is 34.8 Å². The number of azo groups is 1. The highest BCUT2D eigenvalue weighted by Gasteiger charge is 2.23. The first-order chi connectivity index (χ1) is 17.5. The number of phenols is 1. The summed E-state index contributed by atoms with van der Waals surface area (Å²) >= 11 is 18.4. The average molecular weight is 578 g/mol. The van der Waals surface area contributed by atoms with Gasteiger partial charge in [-0.05, 0) is 47.9 Å². The van der Waals surface area contributed by atoms with Gasteiger partial charge in [0.25, 0.3) is 5.91 Å². The van der Waals surface area contributed by atoms with E-state index in [2.05, 4.69) is 15.5 Å². The second-order valence-corrected chi connectivity index (χ2v) is 11.4. The molecule has 0 bridgehead atoms. The monoisotopic (exact) mass is 576 g/mol. The van der Waals surface area contributed by atoms with Gasteiger partial charge in [0, 0.05) is 30.2 Å². The number of rotatable bonds is 6. The SMILES string of the molecule is CN(C)S(=O)(=O)c1cc(Cl)c(/N=N/c2c(O)c(C(=O)Nc3ccc(Cl)cc3)cc3ccccc23)cc1Cl. The normalized spacial score (nSPS) is 11.9. The predicted molar refractivity (Wildman–Crippen MR) is 147 cm³/mol. The Morgan fingerprint density at radius 3 is 2.27 bits per heavy atom. The maximum absolute atomic E-state index is 13.0. The van der Waals surface area contributed by atoms with Crippen molar-refractivity contribution in [1.82, 2.24) is 4.31 Å². The van der Waals surface area contributed by atoms with Crippen LogP contribution in [0.3, 0.4) is 0 Å². The summed E-state index contributed by atoms with van der Waals surface area (Å²) in [4.78, 5) is 12.8. The number of hydrogen-bond acceptors (Lipinski definition) is 6. The molecular weight excluding hydrogens is 559 g/mol. The minimum atomic E-state index is -3.84. The number of benzene rings is 4. The molecular formula is C25H19Cl3N4O4S. The van der Waals surface area contributed by atoms with E-state index >= 15 is 0 Å². The maximum atomic E-state index is 13.0. The molecule has 1 amide bonds. The highest BCUT2D eigenvalue weighted by Crippen LogP contribution is 2.41. The zero-order valence-electron chi connectivity index (χ0n) is 19.4. The number of nitrogens with zero attached hydrogens (tertiary/aromatic N) is 3. The smallest absolute Gasteiger partial charge is 0.259 e. The summed E-state index contributed by atoms with van der Waals surface area (Å²) in [6.45, 7) is 0. The third-order valence-corrected chi connectivity index (χ3v) is 8.19. The van der Waals surface area contributed by atoms with Crippen LogP contribution in [0, 0.1) is 0 Å². The van der Waals surface area contributed by atoms with Crippen molar-refractivity contribution in [2.45, 2.75) is 4.90 Å². The molecule has 0 fully saturated rings. The van der Waals surface area contributed by atoms with Crippen molar-refractivity contribution in [1.29, 1.82) is 0 Å². The molecule has 2 N–H and O–H groups in total. The number of sulfonamides is 1. The van der Waals surface area contributed by atoms with Crippen LogP contribution < -0.4 is 5.32 Å². The Labute approximate surface area is 228 Å². The van der Waals surface area contributed by atoms with E-state index < -0.39 is 21.7 Å². The van der Waals surface area contributed by atoms with Crippen LogP contribution in [0.5, 0.6) is 5.75 Å². The Morgan fingerprint density at radius 1 is 0.919 bits per heavy atom. The van der Waals surface area contributed by atoms with Crippen LogP contribution in [0.25, 0.3) is 10.8 Å². The molecule has 190 valence electrons. The molecule has 0 aliphatic carbocycles. The number of fused-ring (bicyclic) bond motifs is 1.